The smallest absolute Gasteiger partial charge is 0.242 e. The van der Waals surface area contributed by atoms with Crippen molar-refractivity contribution in [1.82, 2.24) is 9.62 Å². The molecule has 0 unspecified atom stereocenters. The van der Waals surface area contributed by atoms with E-state index in [1.165, 1.54) is 19.5 Å². The average Bonchev–Trinajstić information content (AvgIpc) is 2.42. The number of ether oxygens (including phenoxy) is 1. The number of methoxy groups -OCH3 is 1. The molecule has 1 N–H and O–H groups in total. The molecule has 6 nitrogen and oxygen atoms in total. The van der Waals surface area contributed by atoms with Crippen LogP contribution in [-0.2, 0) is 10.0 Å². The predicted octanol–water partition coefficient (Wildman–Crippen LogP) is 1.43. The quantitative estimate of drug-likeness (QED) is 0.469. The van der Waals surface area contributed by atoms with Crippen LogP contribution in [0.15, 0.2) is 28.1 Å². The molecule has 0 fully saturated rings. The Bertz CT molecular complexity index is 573. The number of rotatable bonds is 7. The summed E-state index contributed by atoms with van der Waals surface area (Å²) in [5, 5.41) is 0. The van der Waals surface area contributed by atoms with E-state index in [1.807, 2.05) is 0 Å². The van der Waals surface area contributed by atoms with Gasteiger partial charge in [0.25, 0.3) is 0 Å². The molecular formula is C12H18ClN3O3S. The molecule has 8 heteroatoms. The van der Waals surface area contributed by atoms with Gasteiger partial charge in [-0.15, -0.1) is 11.6 Å². The zero-order chi connectivity index (χ0) is 15.2. The summed E-state index contributed by atoms with van der Waals surface area (Å²) in [4.78, 5) is 5.92. The van der Waals surface area contributed by atoms with Crippen LogP contribution < -0.4 is 9.46 Å². The number of halogens is 1. The number of sulfonamides is 1. The van der Waals surface area contributed by atoms with Crippen molar-refractivity contribution in [3.8, 4) is 5.75 Å². The first-order valence-electron chi connectivity index (χ1n) is 5.85. The predicted molar refractivity (Wildman–Crippen MR) is 80.7 cm³/mol. The van der Waals surface area contributed by atoms with Crippen molar-refractivity contribution in [3.05, 3.63) is 18.2 Å². The standard InChI is InChI=1S/C12H18ClN3O3S/c1-16(2)9-14-11-5-4-10(19-3)8-12(11)20(17,18)15-7-6-13/h4-5,8-9,15H,6-7H2,1-3H3. The maximum Gasteiger partial charge on any atom is 0.242 e. The second-order valence-corrected chi connectivity index (χ2v) is 6.24. The number of aliphatic imine (C=N–C) groups is 1. The Hall–Kier alpha value is -1.31. The van der Waals surface area contributed by atoms with Crippen LogP contribution in [0.1, 0.15) is 0 Å². The topological polar surface area (TPSA) is 71.0 Å². The van der Waals surface area contributed by atoms with Gasteiger partial charge in [-0.25, -0.2) is 18.1 Å². The lowest BCUT2D eigenvalue weighted by molar-refractivity contribution is 0.413. The van der Waals surface area contributed by atoms with E-state index in [0.717, 1.165) is 0 Å². The van der Waals surface area contributed by atoms with Crippen LogP contribution in [0.3, 0.4) is 0 Å². The molecule has 112 valence electrons. The highest BCUT2D eigenvalue weighted by Crippen LogP contribution is 2.28. The zero-order valence-electron chi connectivity index (χ0n) is 11.6. The number of hydrogen-bond acceptors (Lipinski definition) is 4. The van der Waals surface area contributed by atoms with Gasteiger partial charge in [-0.3, -0.25) is 0 Å². The third-order valence-corrected chi connectivity index (χ3v) is 3.95. The van der Waals surface area contributed by atoms with E-state index < -0.39 is 10.0 Å². The minimum atomic E-state index is -3.68. The van der Waals surface area contributed by atoms with Crippen LogP contribution >= 0.6 is 11.6 Å². The first-order chi connectivity index (χ1) is 9.40. The number of nitrogens with zero attached hydrogens (tertiary/aromatic N) is 2. The fraction of sp³-hybridized carbons (Fsp3) is 0.417. The molecule has 0 aliphatic carbocycles. The fourth-order valence-electron chi connectivity index (χ4n) is 1.37. The van der Waals surface area contributed by atoms with Crippen molar-refractivity contribution < 1.29 is 13.2 Å². The maximum atomic E-state index is 12.2. The van der Waals surface area contributed by atoms with Gasteiger partial charge in [0.2, 0.25) is 10.0 Å². The van der Waals surface area contributed by atoms with Crippen molar-refractivity contribution in [2.45, 2.75) is 4.90 Å². The second-order valence-electron chi connectivity index (χ2n) is 4.13. The molecule has 0 bridgehead atoms. The summed E-state index contributed by atoms with van der Waals surface area (Å²) in [5.41, 5.74) is 0.335. The molecule has 0 aliphatic heterocycles. The highest BCUT2D eigenvalue weighted by atomic mass is 35.5. The van der Waals surface area contributed by atoms with Crippen LogP contribution in [0.5, 0.6) is 5.75 Å². The Labute approximate surface area is 124 Å². The molecule has 0 atom stereocenters. The van der Waals surface area contributed by atoms with Gasteiger partial charge in [-0.1, -0.05) is 0 Å². The molecule has 1 aromatic carbocycles. The molecule has 0 radical (unpaired) electrons. The molecule has 0 aliphatic rings. The van der Waals surface area contributed by atoms with Gasteiger partial charge in [-0.05, 0) is 12.1 Å². The van der Waals surface area contributed by atoms with Crippen LogP contribution in [0.25, 0.3) is 0 Å². The first-order valence-corrected chi connectivity index (χ1v) is 7.86. The summed E-state index contributed by atoms with van der Waals surface area (Å²) >= 11 is 5.51. The minimum Gasteiger partial charge on any atom is -0.497 e. The lowest BCUT2D eigenvalue weighted by Gasteiger charge is -2.10. The number of nitrogens with one attached hydrogen (secondary N) is 1. The molecule has 1 rings (SSSR count). The van der Waals surface area contributed by atoms with Gasteiger partial charge in [0.1, 0.15) is 10.6 Å². The summed E-state index contributed by atoms with van der Waals surface area (Å²) in [6.45, 7) is 0.151. The Morgan fingerprint density at radius 2 is 2.15 bits per heavy atom. The summed E-state index contributed by atoms with van der Waals surface area (Å²) in [5.74, 6) is 0.638. The Morgan fingerprint density at radius 3 is 2.70 bits per heavy atom. The molecule has 0 saturated heterocycles. The van der Waals surface area contributed by atoms with E-state index in [1.54, 1.807) is 31.1 Å². The maximum absolute atomic E-state index is 12.2. The van der Waals surface area contributed by atoms with Crippen molar-refractivity contribution in [3.63, 3.8) is 0 Å². The van der Waals surface area contributed by atoms with Gasteiger partial charge in [0, 0.05) is 32.6 Å². The van der Waals surface area contributed by atoms with Gasteiger partial charge >= 0.3 is 0 Å². The van der Waals surface area contributed by atoms with Gasteiger partial charge in [0.05, 0.1) is 19.1 Å². The van der Waals surface area contributed by atoms with E-state index in [0.29, 0.717) is 11.4 Å². The average molecular weight is 320 g/mol. The Kier molecular flexibility index (Phi) is 6.25. The fourth-order valence-corrected chi connectivity index (χ4v) is 2.77. The van der Waals surface area contributed by atoms with Crippen molar-refractivity contribution in [2.24, 2.45) is 4.99 Å². The van der Waals surface area contributed by atoms with E-state index in [2.05, 4.69) is 9.71 Å². The number of alkyl halides is 1. The molecule has 0 spiro atoms. The molecule has 1 aromatic rings. The molecule has 0 heterocycles. The third kappa shape index (κ3) is 4.66. The van der Waals surface area contributed by atoms with Crippen LogP contribution in [0.4, 0.5) is 5.69 Å². The van der Waals surface area contributed by atoms with Crippen LogP contribution in [0.2, 0.25) is 0 Å². The highest BCUT2D eigenvalue weighted by molar-refractivity contribution is 7.89. The van der Waals surface area contributed by atoms with Gasteiger partial charge < -0.3 is 9.64 Å². The molecule has 0 aromatic heterocycles. The largest absolute Gasteiger partial charge is 0.497 e. The lowest BCUT2D eigenvalue weighted by Crippen LogP contribution is -2.25. The summed E-state index contributed by atoms with van der Waals surface area (Å²) < 4.78 is 31.9. The summed E-state index contributed by atoms with van der Waals surface area (Å²) in [6.07, 6.45) is 1.53. The normalized spacial score (nSPS) is 11.8. The minimum absolute atomic E-state index is 0.0556. The van der Waals surface area contributed by atoms with Crippen LogP contribution in [0, 0.1) is 0 Å². The molecule has 20 heavy (non-hydrogen) atoms. The molecule has 0 amide bonds. The summed E-state index contributed by atoms with van der Waals surface area (Å²) in [6, 6.07) is 4.68. The Morgan fingerprint density at radius 1 is 1.45 bits per heavy atom. The lowest BCUT2D eigenvalue weighted by atomic mass is 10.3. The van der Waals surface area contributed by atoms with Crippen molar-refractivity contribution >= 4 is 33.7 Å². The van der Waals surface area contributed by atoms with Crippen molar-refractivity contribution in [1.29, 1.82) is 0 Å². The van der Waals surface area contributed by atoms with E-state index in [4.69, 9.17) is 16.3 Å². The van der Waals surface area contributed by atoms with Crippen LogP contribution in [-0.4, -0.2) is 53.3 Å². The van der Waals surface area contributed by atoms with Crippen molar-refractivity contribution in [2.75, 3.05) is 33.6 Å². The second kappa shape index (κ2) is 7.47. The zero-order valence-corrected chi connectivity index (χ0v) is 13.2. The molecule has 0 saturated carbocycles. The number of benzene rings is 1. The molecular weight excluding hydrogens is 302 g/mol. The Balaban J connectivity index is 3.25. The first kappa shape index (κ1) is 16.7. The third-order valence-electron chi connectivity index (χ3n) is 2.27. The van der Waals surface area contributed by atoms with E-state index in [-0.39, 0.29) is 17.3 Å². The SMILES string of the molecule is COc1ccc(N=CN(C)C)c(S(=O)(=O)NCCCl)c1. The monoisotopic (exact) mass is 319 g/mol. The highest BCUT2D eigenvalue weighted by Gasteiger charge is 2.18. The van der Waals surface area contributed by atoms with E-state index >= 15 is 0 Å². The van der Waals surface area contributed by atoms with E-state index in [9.17, 15) is 8.42 Å². The number of hydrogen-bond donors (Lipinski definition) is 1. The van der Waals surface area contributed by atoms with Gasteiger partial charge in [0.15, 0.2) is 0 Å². The summed E-state index contributed by atoms with van der Waals surface area (Å²) in [7, 11) is 1.39. The van der Waals surface area contributed by atoms with Gasteiger partial charge in [-0.2, -0.15) is 0 Å².